The van der Waals surface area contributed by atoms with E-state index >= 15 is 0 Å². The number of carbonyl (C=O) groups is 1. The van der Waals surface area contributed by atoms with Gasteiger partial charge in [-0.3, -0.25) is 4.79 Å². The summed E-state index contributed by atoms with van der Waals surface area (Å²) in [4.78, 5) is 11.5. The average Bonchev–Trinajstić information content (AvgIpc) is 2.63. The maximum absolute atomic E-state index is 12.6. The van der Waals surface area contributed by atoms with E-state index in [0.29, 0.717) is 5.75 Å². The van der Waals surface area contributed by atoms with E-state index in [-0.39, 0.29) is 15.8 Å². The predicted molar refractivity (Wildman–Crippen MR) is 107 cm³/mol. The molecule has 0 saturated heterocycles. The van der Waals surface area contributed by atoms with Crippen molar-refractivity contribution in [2.24, 2.45) is 0 Å². The van der Waals surface area contributed by atoms with E-state index in [1.165, 1.54) is 24.9 Å². The van der Waals surface area contributed by atoms with Gasteiger partial charge >= 0.3 is 5.97 Å². The number of thioether (sulfide) groups is 1. The van der Waals surface area contributed by atoms with Crippen molar-refractivity contribution in [3.63, 3.8) is 0 Å². The van der Waals surface area contributed by atoms with Crippen LogP contribution in [0.1, 0.15) is 5.56 Å². The number of phenolic OH excluding ortho intramolecular Hbond substituents is 1. The fourth-order valence-electron chi connectivity index (χ4n) is 2.16. The summed E-state index contributed by atoms with van der Waals surface area (Å²) in [5, 5.41) is 9.78. The lowest BCUT2D eigenvalue weighted by Crippen LogP contribution is -2.43. The topological polar surface area (TPSA) is 92.7 Å². The van der Waals surface area contributed by atoms with Gasteiger partial charge < -0.3 is 9.84 Å². The highest BCUT2D eigenvalue weighted by atomic mass is 35.5. The van der Waals surface area contributed by atoms with Gasteiger partial charge in [0, 0.05) is 16.5 Å². The molecule has 2 rings (SSSR count). The van der Waals surface area contributed by atoms with Crippen LogP contribution >= 0.6 is 35.0 Å². The zero-order valence-corrected chi connectivity index (χ0v) is 17.3. The van der Waals surface area contributed by atoms with Gasteiger partial charge in [0.25, 0.3) is 0 Å². The fraction of sp³-hybridized carbons (Fsp3) is 0.235. The molecule has 0 amide bonds. The van der Waals surface area contributed by atoms with Crippen molar-refractivity contribution in [3.8, 4) is 5.75 Å². The molecule has 2 aromatic rings. The number of sulfonamides is 1. The lowest BCUT2D eigenvalue weighted by molar-refractivity contribution is -0.141. The number of aromatic hydroxyl groups is 1. The Bertz CT molecular complexity index is 907. The first-order valence-corrected chi connectivity index (χ1v) is 11.0. The molecule has 0 fully saturated rings. The highest BCUT2D eigenvalue weighted by molar-refractivity contribution is 7.98. The van der Waals surface area contributed by atoms with Crippen LogP contribution in [0.5, 0.6) is 5.75 Å². The monoisotopic (exact) mass is 449 g/mol. The molecule has 27 heavy (non-hydrogen) atoms. The molecule has 0 radical (unpaired) electrons. The van der Waals surface area contributed by atoms with E-state index in [9.17, 15) is 18.3 Å². The number of benzene rings is 2. The SMILES string of the molecule is COC(=O)[C@H](CSCc1ccccc1)NS(=O)(=O)c1cc(Cl)cc(Cl)c1O. The summed E-state index contributed by atoms with van der Waals surface area (Å²) in [6.07, 6.45) is 0. The number of ether oxygens (including phenoxy) is 1. The first-order chi connectivity index (χ1) is 12.7. The van der Waals surface area contributed by atoms with Gasteiger partial charge in [-0.15, -0.1) is 0 Å². The van der Waals surface area contributed by atoms with Crippen molar-refractivity contribution < 1.29 is 23.1 Å². The minimum atomic E-state index is -4.27. The standard InChI is InChI=1S/C17H17Cl2NO5S2/c1-25-17(22)14(10-26-9-11-5-3-2-4-6-11)20-27(23,24)15-8-12(18)7-13(19)16(15)21/h2-8,14,20-21H,9-10H2,1H3/t14-/m0/s1. The molecule has 146 valence electrons. The molecule has 0 unspecified atom stereocenters. The Hall–Kier alpha value is -1.45. The van der Waals surface area contributed by atoms with Gasteiger partial charge in [-0.2, -0.15) is 16.5 Å². The highest BCUT2D eigenvalue weighted by Gasteiger charge is 2.29. The van der Waals surface area contributed by atoms with Crippen molar-refractivity contribution >= 4 is 51.0 Å². The van der Waals surface area contributed by atoms with Gasteiger partial charge in [0.1, 0.15) is 10.9 Å². The third-order valence-corrected chi connectivity index (χ3v) is 6.56. The first-order valence-electron chi connectivity index (χ1n) is 7.64. The normalized spacial score (nSPS) is 12.6. The maximum Gasteiger partial charge on any atom is 0.324 e. The van der Waals surface area contributed by atoms with Gasteiger partial charge in [-0.05, 0) is 17.7 Å². The number of methoxy groups -OCH3 is 1. The van der Waals surface area contributed by atoms with Crippen LogP contribution in [0.2, 0.25) is 10.0 Å². The Balaban J connectivity index is 2.16. The van der Waals surface area contributed by atoms with Crippen LogP contribution in [0.4, 0.5) is 0 Å². The Morgan fingerprint density at radius 3 is 2.56 bits per heavy atom. The smallest absolute Gasteiger partial charge is 0.324 e. The van der Waals surface area contributed by atoms with Crippen molar-refractivity contribution in [2.45, 2.75) is 16.7 Å². The van der Waals surface area contributed by atoms with Gasteiger partial charge in [0.15, 0.2) is 5.75 Å². The second-order valence-electron chi connectivity index (χ2n) is 5.43. The summed E-state index contributed by atoms with van der Waals surface area (Å²) in [6.45, 7) is 0. The quantitative estimate of drug-likeness (QED) is 0.599. The van der Waals surface area contributed by atoms with Crippen LogP contribution in [0.15, 0.2) is 47.4 Å². The molecule has 0 heterocycles. The minimum Gasteiger partial charge on any atom is -0.505 e. The molecule has 0 saturated carbocycles. The van der Waals surface area contributed by atoms with Gasteiger partial charge in [0.05, 0.1) is 12.1 Å². The van der Waals surface area contributed by atoms with Crippen molar-refractivity contribution in [3.05, 3.63) is 58.1 Å². The van der Waals surface area contributed by atoms with Gasteiger partial charge in [-0.1, -0.05) is 53.5 Å². The Kier molecular flexibility index (Phi) is 7.81. The summed E-state index contributed by atoms with van der Waals surface area (Å²) in [6, 6.07) is 10.6. The van der Waals surface area contributed by atoms with Crippen LogP contribution in [-0.2, 0) is 25.3 Å². The van der Waals surface area contributed by atoms with Gasteiger partial charge in [-0.25, -0.2) is 8.42 Å². The molecule has 0 bridgehead atoms. The van der Waals surface area contributed by atoms with E-state index in [4.69, 9.17) is 23.2 Å². The van der Waals surface area contributed by atoms with Gasteiger partial charge in [0.2, 0.25) is 10.0 Å². The highest BCUT2D eigenvalue weighted by Crippen LogP contribution is 2.34. The number of rotatable bonds is 8. The summed E-state index contributed by atoms with van der Waals surface area (Å²) in [5.74, 6) is -0.666. The van der Waals surface area contributed by atoms with Crippen LogP contribution in [0.3, 0.4) is 0 Å². The molecule has 0 aliphatic rings. The summed E-state index contributed by atoms with van der Waals surface area (Å²) in [7, 11) is -3.10. The Labute approximate surface area is 171 Å². The number of halogens is 2. The lowest BCUT2D eigenvalue weighted by atomic mass is 10.2. The number of nitrogens with one attached hydrogen (secondary N) is 1. The Morgan fingerprint density at radius 2 is 1.93 bits per heavy atom. The summed E-state index contributed by atoms with van der Waals surface area (Å²) >= 11 is 13.0. The molecule has 0 aliphatic heterocycles. The average molecular weight is 450 g/mol. The fourth-order valence-corrected chi connectivity index (χ4v) is 5.21. The second kappa shape index (κ2) is 9.66. The van der Waals surface area contributed by atoms with Crippen molar-refractivity contribution in [1.29, 1.82) is 0 Å². The zero-order valence-electron chi connectivity index (χ0n) is 14.2. The maximum atomic E-state index is 12.6. The van der Waals surface area contributed by atoms with E-state index in [2.05, 4.69) is 9.46 Å². The van der Waals surface area contributed by atoms with E-state index in [1.54, 1.807) is 0 Å². The van der Waals surface area contributed by atoms with Crippen LogP contribution in [-0.4, -0.2) is 38.4 Å². The molecular weight excluding hydrogens is 433 g/mol. The molecule has 6 nitrogen and oxygen atoms in total. The second-order valence-corrected chi connectivity index (χ2v) is 8.99. The van der Waals surface area contributed by atoms with Crippen molar-refractivity contribution in [2.75, 3.05) is 12.9 Å². The molecule has 10 heteroatoms. The first kappa shape index (κ1) is 21.8. The van der Waals surface area contributed by atoms with E-state index in [0.717, 1.165) is 11.6 Å². The van der Waals surface area contributed by atoms with Crippen LogP contribution in [0, 0.1) is 0 Å². The molecule has 0 spiro atoms. The predicted octanol–water partition coefficient (Wildman–Crippen LogP) is 3.45. The molecule has 0 aromatic heterocycles. The van der Waals surface area contributed by atoms with E-state index < -0.39 is 32.7 Å². The summed E-state index contributed by atoms with van der Waals surface area (Å²) in [5.41, 5.74) is 1.04. The Morgan fingerprint density at radius 1 is 1.26 bits per heavy atom. The molecule has 2 aromatic carbocycles. The van der Waals surface area contributed by atoms with Crippen LogP contribution in [0.25, 0.3) is 0 Å². The number of phenols is 1. The molecule has 1 atom stereocenters. The number of esters is 1. The number of hydrogen-bond donors (Lipinski definition) is 2. The zero-order chi connectivity index (χ0) is 20.0. The third-order valence-electron chi connectivity index (χ3n) is 3.46. The van der Waals surface area contributed by atoms with Crippen molar-refractivity contribution in [1.82, 2.24) is 4.72 Å². The summed E-state index contributed by atoms with van der Waals surface area (Å²) < 4.78 is 32.2. The number of hydrogen-bond acceptors (Lipinski definition) is 6. The van der Waals surface area contributed by atoms with E-state index in [1.807, 2.05) is 30.3 Å². The van der Waals surface area contributed by atoms with Crippen LogP contribution < -0.4 is 4.72 Å². The molecule has 2 N–H and O–H groups in total. The largest absolute Gasteiger partial charge is 0.505 e. The third kappa shape index (κ3) is 6.02. The minimum absolute atomic E-state index is 0.0336. The lowest BCUT2D eigenvalue weighted by Gasteiger charge is -2.17. The molecule has 0 aliphatic carbocycles. The molecular formula is C17H17Cl2NO5S2. The number of carbonyl (C=O) groups excluding carboxylic acids is 1.